The van der Waals surface area contributed by atoms with E-state index in [1.165, 1.54) is 5.56 Å². The van der Waals surface area contributed by atoms with Crippen LogP contribution in [0, 0.1) is 6.92 Å². The van der Waals surface area contributed by atoms with Crippen LogP contribution in [0.2, 0.25) is 0 Å². The molecule has 0 saturated heterocycles. The van der Waals surface area contributed by atoms with E-state index in [2.05, 4.69) is 10.3 Å². The van der Waals surface area contributed by atoms with E-state index in [0.29, 0.717) is 6.54 Å². The van der Waals surface area contributed by atoms with Crippen molar-refractivity contribution in [2.24, 2.45) is 0 Å². The molecule has 1 atom stereocenters. The molecule has 1 rings (SSSR count). The monoisotopic (exact) mass is 180 g/mol. The lowest BCUT2D eigenvalue weighted by molar-refractivity contribution is 0.191. The van der Waals surface area contributed by atoms with Gasteiger partial charge >= 0.3 is 0 Å². The van der Waals surface area contributed by atoms with Crippen LogP contribution in [0.25, 0.3) is 0 Å². The molecule has 1 heterocycles. The Morgan fingerprint density at radius 2 is 2.38 bits per heavy atom. The maximum absolute atomic E-state index is 9.02. The normalized spacial score (nSPS) is 12.8. The first-order valence-corrected chi connectivity index (χ1v) is 4.49. The van der Waals surface area contributed by atoms with Gasteiger partial charge in [-0.3, -0.25) is 4.98 Å². The number of nitrogens with zero attached hydrogens (tertiary/aromatic N) is 1. The largest absolute Gasteiger partial charge is 0.392 e. The second-order valence-electron chi connectivity index (χ2n) is 3.23. The Labute approximate surface area is 78.8 Å². The second-order valence-corrected chi connectivity index (χ2v) is 3.23. The minimum Gasteiger partial charge on any atom is -0.392 e. The van der Waals surface area contributed by atoms with Crippen LogP contribution in [-0.2, 0) is 6.54 Å². The van der Waals surface area contributed by atoms with Gasteiger partial charge in [0.1, 0.15) is 0 Å². The first-order chi connectivity index (χ1) is 6.20. The van der Waals surface area contributed by atoms with E-state index in [-0.39, 0.29) is 6.10 Å². The van der Waals surface area contributed by atoms with Crippen molar-refractivity contribution in [1.29, 1.82) is 0 Å². The van der Waals surface area contributed by atoms with Crippen LogP contribution in [0.5, 0.6) is 0 Å². The highest BCUT2D eigenvalue weighted by Gasteiger charge is 1.98. The van der Waals surface area contributed by atoms with E-state index in [1.54, 1.807) is 13.1 Å². The van der Waals surface area contributed by atoms with Crippen molar-refractivity contribution >= 4 is 0 Å². The molecule has 3 heteroatoms. The molecule has 0 spiro atoms. The highest BCUT2D eigenvalue weighted by Crippen LogP contribution is 2.02. The number of aryl methyl sites for hydroxylation is 1. The van der Waals surface area contributed by atoms with Crippen molar-refractivity contribution in [3.8, 4) is 0 Å². The third-order valence-electron chi connectivity index (χ3n) is 1.87. The predicted octanol–water partition coefficient (Wildman–Crippen LogP) is 0.860. The zero-order chi connectivity index (χ0) is 9.68. The summed E-state index contributed by atoms with van der Waals surface area (Å²) in [4.78, 5) is 4.17. The summed E-state index contributed by atoms with van der Waals surface area (Å²) in [5, 5.41) is 12.2. The smallest absolute Gasteiger partial charge is 0.0636 e. The molecule has 0 bridgehead atoms. The topological polar surface area (TPSA) is 45.2 Å². The molecule has 0 unspecified atom stereocenters. The van der Waals surface area contributed by atoms with Gasteiger partial charge in [-0.15, -0.1) is 0 Å². The molecule has 0 aliphatic carbocycles. The molecule has 1 aromatic rings. The highest BCUT2D eigenvalue weighted by molar-refractivity contribution is 5.17. The zero-order valence-electron chi connectivity index (χ0n) is 8.12. The molecule has 13 heavy (non-hydrogen) atoms. The number of aliphatic hydroxyl groups is 1. The SMILES string of the molecule is Cc1ncccc1CNC[C@H](C)O. The van der Waals surface area contributed by atoms with Gasteiger partial charge in [-0.05, 0) is 25.5 Å². The minimum atomic E-state index is -0.294. The molecule has 1 aromatic heterocycles. The van der Waals surface area contributed by atoms with Crippen LogP contribution in [0.15, 0.2) is 18.3 Å². The maximum atomic E-state index is 9.02. The quantitative estimate of drug-likeness (QED) is 0.722. The Kier molecular flexibility index (Phi) is 3.86. The van der Waals surface area contributed by atoms with E-state index >= 15 is 0 Å². The van der Waals surface area contributed by atoms with E-state index in [9.17, 15) is 0 Å². The van der Waals surface area contributed by atoms with Crippen molar-refractivity contribution in [2.45, 2.75) is 26.5 Å². The predicted molar refractivity (Wildman–Crippen MR) is 52.4 cm³/mol. The number of nitrogens with one attached hydrogen (secondary N) is 1. The Hall–Kier alpha value is -0.930. The van der Waals surface area contributed by atoms with Crippen molar-refractivity contribution in [3.05, 3.63) is 29.6 Å². The van der Waals surface area contributed by atoms with Gasteiger partial charge in [0.15, 0.2) is 0 Å². The molecule has 0 saturated carbocycles. The van der Waals surface area contributed by atoms with E-state index in [0.717, 1.165) is 12.2 Å². The molecule has 3 nitrogen and oxygen atoms in total. The zero-order valence-corrected chi connectivity index (χ0v) is 8.12. The van der Waals surface area contributed by atoms with Gasteiger partial charge in [-0.25, -0.2) is 0 Å². The summed E-state index contributed by atoms with van der Waals surface area (Å²) in [6.07, 6.45) is 1.49. The van der Waals surface area contributed by atoms with E-state index in [4.69, 9.17) is 5.11 Å². The lowest BCUT2D eigenvalue weighted by Gasteiger charge is -2.08. The Bertz CT molecular complexity index is 261. The van der Waals surface area contributed by atoms with Gasteiger partial charge in [-0.2, -0.15) is 0 Å². The van der Waals surface area contributed by atoms with Crippen molar-refractivity contribution in [1.82, 2.24) is 10.3 Å². The molecule has 0 aromatic carbocycles. The lowest BCUT2D eigenvalue weighted by atomic mass is 10.2. The van der Waals surface area contributed by atoms with E-state index < -0.39 is 0 Å². The second kappa shape index (κ2) is 4.94. The third kappa shape index (κ3) is 3.53. The molecule has 0 aliphatic rings. The van der Waals surface area contributed by atoms with Crippen LogP contribution in [0.1, 0.15) is 18.2 Å². The number of hydrogen-bond acceptors (Lipinski definition) is 3. The fourth-order valence-electron chi connectivity index (χ4n) is 1.12. The molecule has 2 N–H and O–H groups in total. The summed E-state index contributed by atoms with van der Waals surface area (Å²) in [5.41, 5.74) is 2.23. The van der Waals surface area contributed by atoms with Gasteiger partial charge in [0.2, 0.25) is 0 Å². The van der Waals surface area contributed by atoms with Gasteiger partial charge in [-0.1, -0.05) is 6.07 Å². The van der Waals surface area contributed by atoms with Crippen molar-refractivity contribution < 1.29 is 5.11 Å². The Morgan fingerprint density at radius 1 is 1.62 bits per heavy atom. The maximum Gasteiger partial charge on any atom is 0.0636 e. The first kappa shape index (κ1) is 10.2. The van der Waals surface area contributed by atoms with Gasteiger partial charge in [0, 0.05) is 25.0 Å². The Morgan fingerprint density at radius 3 is 3.00 bits per heavy atom. The molecule has 0 aliphatic heterocycles. The lowest BCUT2D eigenvalue weighted by Crippen LogP contribution is -2.24. The molecule has 0 amide bonds. The summed E-state index contributed by atoms with van der Waals surface area (Å²) < 4.78 is 0. The van der Waals surface area contributed by atoms with Gasteiger partial charge < -0.3 is 10.4 Å². The fourth-order valence-corrected chi connectivity index (χ4v) is 1.12. The average Bonchev–Trinajstić information content (AvgIpc) is 2.08. The average molecular weight is 180 g/mol. The van der Waals surface area contributed by atoms with Crippen LogP contribution < -0.4 is 5.32 Å². The molecular formula is C10H16N2O. The standard InChI is InChI=1S/C10H16N2O/c1-8(13)6-11-7-10-4-3-5-12-9(10)2/h3-5,8,11,13H,6-7H2,1-2H3/t8-/m0/s1. The van der Waals surface area contributed by atoms with Crippen molar-refractivity contribution in [3.63, 3.8) is 0 Å². The highest BCUT2D eigenvalue weighted by atomic mass is 16.3. The van der Waals surface area contributed by atoms with Gasteiger partial charge in [0.25, 0.3) is 0 Å². The number of aromatic nitrogens is 1. The summed E-state index contributed by atoms with van der Waals surface area (Å²) >= 11 is 0. The fraction of sp³-hybridized carbons (Fsp3) is 0.500. The van der Waals surface area contributed by atoms with E-state index in [1.807, 2.05) is 19.1 Å². The minimum absolute atomic E-state index is 0.294. The molecular weight excluding hydrogens is 164 g/mol. The van der Waals surface area contributed by atoms with Crippen LogP contribution >= 0.6 is 0 Å². The third-order valence-corrected chi connectivity index (χ3v) is 1.87. The number of aliphatic hydroxyl groups excluding tert-OH is 1. The van der Waals surface area contributed by atoms with Crippen molar-refractivity contribution in [2.75, 3.05) is 6.54 Å². The van der Waals surface area contributed by atoms with Crippen LogP contribution in [0.4, 0.5) is 0 Å². The molecule has 0 fully saturated rings. The molecule has 0 radical (unpaired) electrons. The summed E-state index contributed by atoms with van der Waals surface area (Å²) in [6.45, 7) is 5.14. The van der Waals surface area contributed by atoms with Gasteiger partial charge in [0.05, 0.1) is 6.10 Å². The molecule has 72 valence electrons. The van der Waals surface area contributed by atoms with Crippen LogP contribution in [-0.4, -0.2) is 22.7 Å². The summed E-state index contributed by atoms with van der Waals surface area (Å²) in [7, 11) is 0. The summed E-state index contributed by atoms with van der Waals surface area (Å²) in [6, 6.07) is 3.96. The first-order valence-electron chi connectivity index (χ1n) is 4.49. The number of rotatable bonds is 4. The summed E-state index contributed by atoms with van der Waals surface area (Å²) in [5.74, 6) is 0. The Balaban J connectivity index is 2.41. The number of hydrogen-bond donors (Lipinski definition) is 2. The number of pyridine rings is 1. The van der Waals surface area contributed by atoms with Crippen LogP contribution in [0.3, 0.4) is 0 Å².